The van der Waals surface area contributed by atoms with Gasteiger partial charge in [0, 0.05) is 0 Å². The van der Waals surface area contributed by atoms with Gasteiger partial charge in [0.2, 0.25) is 0 Å². The van der Waals surface area contributed by atoms with Gasteiger partial charge in [-0.25, -0.2) is 4.39 Å². The fraction of sp³-hybridized carbons (Fsp3) is 0.750. The van der Waals surface area contributed by atoms with Crippen molar-refractivity contribution >= 4 is 7.12 Å². The van der Waals surface area contributed by atoms with Crippen molar-refractivity contribution in [2.45, 2.75) is 77.4 Å². The van der Waals surface area contributed by atoms with Crippen LogP contribution in [0.25, 0.3) is 0 Å². The summed E-state index contributed by atoms with van der Waals surface area (Å²) in [5.74, 6) is 0. The van der Waals surface area contributed by atoms with Crippen LogP contribution in [0.2, 0.25) is 0 Å². The summed E-state index contributed by atoms with van der Waals surface area (Å²) in [5, 5.41) is 0. The molecular weight excluding hydrogens is 254 g/mol. The molecule has 0 unspecified atom stereocenters. The van der Waals surface area contributed by atoms with Gasteiger partial charge in [0.25, 0.3) is 0 Å². The van der Waals surface area contributed by atoms with Gasteiger partial charge < -0.3 is 9.31 Å². The van der Waals surface area contributed by atoms with Crippen LogP contribution >= 0.6 is 0 Å². The minimum absolute atomic E-state index is 0.297. The second-order valence-electron chi connectivity index (χ2n) is 6.46. The molecule has 114 valence electrons. The lowest BCUT2D eigenvalue weighted by atomic mass is 9.87. The number of hydrogen-bond donors (Lipinski definition) is 0. The monoisotopic (exact) mass is 282 g/mol. The Balaban J connectivity index is 2.30. The van der Waals surface area contributed by atoms with Crippen molar-refractivity contribution in [3.05, 3.63) is 24.5 Å². The lowest BCUT2D eigenvalue weighted by Crippen LogP contribution is -2.41. The second kappa shape index (κ2) is 7.42. The molecule has 0 aromatic heterocycles. The first kappa shape index (κ1) is 17.4. The molecule has 0 spiro atoms. The molecule has 0 radical (unpaired) electrons. The Labute approximate surface area is 123 Å². The van der Waals surface area contributed by atoms with E-state index in [2.05, 4.69) is 6.58 Å². The molecule has 0 bridgehead atoms. The highest BCUT2D eigenvalue weighted by atomic mass is 19.1. The summed E-state index contributed by atoms with van der Waals surface area (Å²) >= 11 is 0. The summed E-state index contributed by atoms with van der Waals surface area (Å²) < 4.78 is 25.3. The van der Waals surface area contributed by atoms with Gasteiger partial charge in [0.05, 0.1) is 11.2 Å². The van der Waals surface area contributed by atoms with Gasteiger partial charge in [-0.2, -0.15) is 0 Å². The van der Waals surface area contributed by atoms with E-state index in [0.717, 1.165) is 25.7 Å². The first-order valence-electron chi connectivity index (χ1n) is 7.62. The average Bonchev–Trinajstić information content (AvgIpc) is 2.57. The van der Waals surface area contributed by atoms with Gasteiger partial charge in [-0.05, 0) is 53.4 Å². The maximum Gasteiger partial charge on any atom is 0.524 e. The first-order chi connectivity index (χ1) is 9.30. The summed E-state index contributed by atoms with van der Waals surface area (Å²) in [4.78, 5) is 0. The van der Waals surface area contributed by atoms with Crippen LogP contribution in [-0.2, 0) is 9.31 Å². The highest BCUT2D eigenvalue weighted by molar-refractivity contribution is 6.53. The van der Waals surface area contributed by atoms with Gasteiger partial charge >= 0.3 is 7.12 Å². The maximum atomic E-state index is 14.0. The molecule has 4 heteroatoms. The number of allylic oxidation sites excluding steroid dienone is 2. The molecule has 1 rings (SSSR count). The molecule has 0 amide bonds. The van der Waals surface area contributed by atoms with Crippen molar-refractivity contribution < 1.29 is 13.7 Å². The molecule has 1 aliphatic rings. The van der Waals surface area contributed by atoms with E-state index < -0.39 is 18.3 Å². The Morgan fingerprint density at radius 1 is 1.00 bits per heavy atom. The Morgan fingerprint density at radius 2 is 1.50 bits per heavy atom. The van der Waals surface area contributed by atoms with Gasteiger partial charge in [-0.1, -0.05) is 25.0 Å². The smallest absolute Gasteiger partial charge is 0.398 e. The Hall–Kier alpha value is -0.605. The van der Waals surface area contributed by atoms with Crippen LogP contribution in [0.15, 0.2) is 24.5 Å². The van der Waals surface area contributed by atoms with Crippen LogP contribution in [0.1, 0.15) is 66.2 Å². The third-order valence-electron chi connectivity index (χ3n) is 4.18. The summed E-state index contributed by atoms with van der Waals surface area (Å²) in [5.41, 5.74) is -1.25. The summed E-state index contributed by atoms with van der Waals surface area (Å²) in [6.45, 7) is 11.4. The zero-order valence-electron chi connectivity index (χ0n) is 13.4. The number of rotatable bonds is 8. The highest BCUT2D eigenvalue weighted by Gasteiger charge is 2.52. The molecule has 0 aliphatic carbocycles. The number of unbranched alkanes of at least 4 members (excludes halogenated alkanes) is 5. The molecule has 1 heterocycles. The molecule has 1 aliphatic heterocycles. The van der Waals surface area contributed by atoms with E-state index in [-0.39, 0.29) is 5.73 Å². The van der Waals surface area contributed by atoms with Gasteiger partial charge in [-0.3, -0.25) is 0 Å². The molecule has 0 N–H and O–H groups in total. The van der Waals surface area contributed by atoms with Crippen molar-refractivity contribution in [2.75, 3.05) is 0 Å². The largest absolute Gasteiger partial charge is 0.524 e. The number of hydrogen-bond acceptors (Lipinski definition) is 2. The zero-order chi connectivity index (χ0) is 15.2. The fourth-order valence-corrected chi connectivity index (χ4v) is 2.08. The van der Waals surface area contributed by atoms with E-state index in [1.54, 1.807) is 6.08 Å². The molecule has 20 heavy (non-hydrogen) atoms. The summed E-state index contributed by atoms with van der Waals surface area (Å²) in [6.07, 6.45) is 9.84. The SMILES string of the molecule is C=CCCCCCCC=C(F)B1OC(C)(C)C(C)(C)O1. The Bertz CT molecular complexity index is 334. The van der Waals surface area contributed by atoms with Crippen LogP contribution in [-0.4, -0.2) is 18.3 Å². The van der Waals surface area contributed by atoms with E-state index in [1.165, 1.54) is 12.8 Å². The van der Waals surface area contributed by atoms with Crippen molar-refractivity contribution in [3.8, 4) is 0 Å². The summed E-state index contributed by atoms with van der Waals surface area (Å²) in [6, 6.07) is 0. The molecule has 2 nitrogen and oxygen atoms in total. The summed E-state index contributed by atoms with van der Waals surface area (Å²) in [7, 11) is -0.847. The molecule has 0 aromatic rings. The molecule has 0 saturated carbocycles. The molecular formula is C16H28BFO2. The van der Waals surface area contributed by atoms with Crippen molar-refractivity contribution in [2.24, 2.45) is 0 Å². The van der Waals surface area contributed by atoms with Gasteiger partial charge in [0.1, 0.15) is 5.73 Å². The van der Waals surface area contributed by atoms with E-state index in [9.17, 15) is 4.39 Å². The number of halogens is 1. The Kier molecular flexibility index (Phi) is 6.47. The quantitative estimate of drug-likeness (QED) is 0.354. The van der Waals surface area contributed by atoms with Crippen LogP contribution in [0.4, 0.5) is 4.39 Å². The highest BCUT2D eigenvalue weighted by Crippen LogP contribution is 2.38. The Morgan fingerprint density at radius 3 is 2.00 bits per heavy atom. The van der Waals surface area contributed by atoms with E-state index in [0.29, 0.717) is 0 Å². The topological polar surface area (TPSA) is 18.5 Å². The van der Waals surface area contributed by atoms with E-state index in [4.69, 9.17) is 9.31 Å². The van der Waals surface area contributed by atoms with Crippen molar-refractivity contribution in [3.63, 3.8) is 0 Å². The predicted octanol–water partition coefficient (Wildman–Crippen LogP) is 5.00. The van der Waals surface area contributed by atoms with Gasteiger partial charge in [0.15, 0.2) is 0 Å². The minimum atomic E-state index is -0.847. The predicted molar refractivity (Wildman–Crippen MR) is 83.2 cm³/mol. The van der Waals surface area contributed by atoms with Crippen LogP contribution in [0.5, 0.6) is 0 Å². The van der Waals surface area contributed by atoms with Crippen LogP contribution in [0, 0.1) is 0 Å². The first-order valence-corrected chi connectivity index (χ1v) is 7.62. The maximum absolute atomic E-state index is 14.0. The lowest BCUT2D eigenvalue weighted by molar-refractivity contribution is 0.00578. The van der Waals surface area contributed by atoms with E-state index >= 15 is 0 Å². The van der Waals surface area contributed by atoms with E-state index in [1.807, 2.05) is 33.8 Å². The fourth-order valence-electron chi connectivity index (χ4n) is 2.08. The van der Waals surface area contributed by atoms with Crippen molar-refractivity contribution in [1.82, 2.24) is 0 Å². The van der Waals surface area contributed by atoms with Crippen LogP contribution in [0.3, 0.4) is 0 Å². The average molecular weight is 282 g/mol. The second-order valence-corrected chi connectivity index (χ2v) is 6.46. The van der Waals surface area contributed by atoms with Gasteiger partial charge in [-0.15, -0.1) is 6.58 Å². The van der Waals surface area contributed by atoms with Crippen molar-refractivity contribution in [1.29, 1.82) is 0 Å². The molecule has 0 atom stereocenters. The third kappa shape index (κ3) is 4.74. The normalized spacial score (nSPS) is 21.2. The zero-order valence-corrected chi connectivity index (χ0v) is 13.4. The lowest BCUT2D eigenvalue weighted by Gasteiger charge is -2.32. The minimum Gasteiger partial charge on any atom is -0.398 e. The standard InChI is InChI=1S/C16H28BFO2/c1-6-7-8-9-10-11-12-13-14(18)17-19-15(2,3)16(4,5)20-17/h6,13H,1,7-12H2,2-5H3. The molecule has 1 fully saturated rings. The molecule has 0 aromatic carbocycles. The third-order valence-corrected chi connectivity index (χ3v) is 4.18. The molecule has 1 saturated heterocycles. The van der Waals surface area contributed by atoms with Crippen LogP contribution < -0.4 is 0 Å².